The van der Waals surface area contributed by atoms with Crippen molar-refractivity contribution in [2.24, 2.45) is 0 Å². The van der Waals surface area contributed by atoms with E-state index in [0.717, 1.165) is 12.8 Å². The third-order valence-electron chi connectivity index (χ3n) is 5.04. The Morgan fingerprint density at radius 2 is 1.22 bits per heavy atom. The standard InChI is InChI=1S/C24H37ClO2/c1-2-22-17-19-23(20-18-22)16-14-12-10-8-6-4-3-5-7-9-11-13-15-21-27-24(25)26/h2,17-20H,1,3-16,21H2. The van der Waals surface area contributed by atoms with Gasteiger partial charge in [-0.05, 0) is 30.4 Å². The van der Waals surface area contributed by atoms with E-state index in [-0.39, 0.29) is 0 Å². The second-order valence-electron chi connectivity index (χ2n) is 7.38. The Labute approximate surface area is 171 Å². The van der Waals surface area contributed by atoms with Gasteiger partial charge in [0.05, 0.1) is 6.61 Å². The van der Waals surface area contributed by atoms with Gasteiger partial charge < -0.3 is 4.74 Å². The van der Waals surface area contributed by atoms with Gasteiger partial charge in [0, 0.05) is 11.6 Å². The Balaban J connectivity index is 1.77. The minimum absolute atomic E-state index is 0.462. The molecule has 1 rings (SSSR count). The average molecular weight is 393 g/mol. The highest BCUT2D eigenvalue weighted by atomic mass is 35.5. The molecule has 0 amide bonds. The molecule has 3 heteroatoms. The van der Waals surface area contributed by atoms with Crippen LogP contribution in [0.1, 0.15) is 94.6 Å². The summed E-state index contributed by atoms with van der Waals surface area (Å²) in [6.45, 7) is 4.26. The number of unbranched alkanes of at least 4 members (excludes halogenated alkanes) is 12. The summed E-state index contributed by atoms with van der Waals surface area (Å²) in [6, 6.07) is 8.76. The fourth-order valence-electron chi connectivity index (χ4n) is 3.35. The Morgan fingerprint density at radius 1 is 0.778 bits per heavy atom. The number of hydrogen-bond donors (Lipinski definition) is 0. The molecule has 0 fully saturated rings. The second kappa shape index (κ2) is 16.9. The molecule has 0 bridgehead atoms. The van der Waals surface area contributed by atoms with Crippen molar-refractivity contribution >= 4 is 23.1 Å². The minimum Gasteiger partial charge on any atom is -0.454 e. The van der Waals surface area contributed by atoms with Gasteiger partial charge in [0.25, 0.3) is 0 Å². The molecular formula is C24H37ClO2. The largest absolute Gasteiger partial charge is 0.454 e. The fourth-order valence-corrected chi connectivity index (χ4v) is 3.43. The third kappa shape index (κ3) is 14.4. The second-order valence-corrected chi connectivity index (χ2v) is 7.69. The maximum atomic E-state index is 10.4. The molecule has 0 radical (unpaired) electrons. The molecule has 0 aliphatic heterocycles. The monoisotopic (exact) mass is 392 g/mol. The molecule has 0 saturated carbocycles. The zero-order valence-electron chi connectivity index (χ0n) is 16.9. The number of rotatable bonds is 17. The van der Waals surface area contributed by atoms with Gasteiger partial charge in [-0.3, -0.25) is 0 Å². The summed E-state index contributed by atoms with van der Waals surface area (Å²) in [5, 5.41) is 0. The van der Waals surface area contributed by atoms with Crippen LogP contribution in [0.25, 0.3) is 6.08 Å². The molecule has 1 aromatic carbocycles. The van der Waals surface area contributed by atoms with E-state index in [1.807, 2.05) is 6.08 Å². The number of carbonyl (C=O) groups is 1. The number of benzene rings is 1. The Morgan fingerprint density at radius 3 is 1.67 bits per heavy atom. The highest BCUT2D eigenvalue weighted by Gasteiger charge is 1.97. The van der Waals surface area contributed by atoms with Crippen molar-refractivity contribution in [1.29, 1.82) is 0 Å². The molecule has 152 valence electrons. The maximum absolute atomic E-state index is 10.4. The van der Waals surface area contributed by atoms with Gasteiger partial charge in [0.2, 0.25) is 0 Å². The highest BCUT2D eigenvalue weighted by Crippen LogP contribution is 2.14. The minimum atomic E-state index is -0.687. The molecule has 2 nitrogen and oxygen atoms in total. The van der Waals surface area contributed by atoms with Gasteiger partial charge in [-0.15, -0.1) is 0 Å². The molecule has 0 atom stereocenters. The van der Waals surface area contributed by atoms with Crippen LogP contribution < -0.4 is 0 Å². The molecular weight excluding hydrogens is 356 g/mol. The van der Waals surface area contributed by atoms with E-state index in [2.05, 4.69) is 30.8 Å². The predicted molar refractivity (Wildman–Crippen MR) is 117 cm³/mol. The van der Waals surface area contributed by atoms with Crippen molar-refractivity contribution < 1.29 is 9.53 Å². The smallest absolute Gasteiger partial charge is 0.403 e. The lowest BCUT2D eigenvalue weighted by Gasteiger charge is -2.04. The predicted octanol–water partition coefficient (Wildman–Crippen LogP) is 8.32. The van der Waals surface area contributed by atoms with Crippen molar-refractivity contribution in [2.75, 3.05) is 6.61 Å². The van der Waals surface area contributed by atoms with Gasteiger partial charge >= 0.3 is 5.43 Å². The van der Waals surface area contributed by atoms with Crippen molar-refractivity contribution in [1.82, 2.24) is 0 Å². The van der Waals surface area contributed by atoms with Gasteiger partial charge in [-0.1, -0.05) is 108 Å². The Bertz CT molecular complexity index is 496. The van der Waals surface area contributed by atoms with Crippen LogP contribution >= 0.6 is 11.6 Å². The topological polar surface area (TPSA) is 26.3 Å². The maximum Gasteiger partial charge on any atom is 0.403 e. The molecule has 1 aromatic rings. The van der Waals surface area contributed by atoms with Crippen LogP contribution in [0, 0.1) is 0 Å². The summed E-state index contributed by atoms with van der Waals surface area (Å²) < 4.78 is 4.70. The van der Waals surface area contributed by atoms with Gasteiger partial charge in [0.1, 0.15) is 0 Å². The summed E-state index contributed by atoms with van der Waals surface area (Å²) in [6.07, 6.45) is 19.9. The number of carbonyl (C=O) groups excluding carboxylic acids is 1. The number of hydrogen-bond acceptors (Lipinski definition) is 2. The van der Waals surface area contributed by atoms with E-state index in [1.54, 1.807) is 0 Å². The van der Waals surface area contributed by atoms with Crippen molar-refractivity contribution in [2.45, 2.75) is 89.9 Å². The molecule has 0 aliphatic carbocycles. The number of halogens is 1. The van der Waals surface area contributed by atoms with Crippen LogP contribution in [0.4, 0.5) is 4.79 Å². The molecule has 27 heavy (non-hydrogen) atoms. The van der Waals surface area contributed by atoms with Crippen LogP contribution in [0.2, 0.25) is 0 Å². The normalized spacial score (nSPS) is 10.7. The summed E-state index contributed by atoms with van der Waals surface area (Å²) in [4.78, 5) is 10.4. The number of aryl methyl sites for hydroxylation is 1. The summed E-state index contributed by atoms with van der Waals surface area (Å²) >= 11 is 5.11. The van der Waals surface area contributed by atoms with Crippen molar-refractivity contribution in [3.05, 3.63) is 42.0 Å². The lowest BCUT2D eigenvalue weighted by Crippen LogP contribution is -1.96. The van der Waals surface area contributed by atoms with Crippen LogP contribution in [0.15, 0.2) is 30.8 Å². The summed E-state index contributed by atoms with van der Waals surface area (Å²) in [7, 11) is 0. The Kier molecular flexibility index (Phi) is 14.8. The molecule has 0 aliphatic rings. The van der Waals surface area contributed by atoms with E-state index in [0.29, 0.717) is 6.61 Å². The molecule has 0 N–H and O–H groups in total. The van der Waals surface area contributed by atoms with Gasteiger partial charge in [0.15, 0.2) is 0 Å². The van der Waals surface area contributed by atoms with Gasteiger partial charge in [-0.2, -0.15) is 0 Å². The first-order chi connectivity index (χ1) is 13.2. The van der Waals surface area contributed by atoms with Crippen LogP contribution in [0.5, 0.6) is 0 Å². The van der Waals surface area contributed by atoms with E-state index in [9.17, 15) is 4.79 Å². The lowest BCUT2D eigenvalue weighted by molar-refractivity contribution is 0.170. The van der Waals surface area contributed by atoms with Crippen LogP contribution in [0.3, 0.4) is 0 Å². The quantitative estimate of drug-likeness (QED) is 0.197. The highest BCUT2D eigenvalue weighted by molar-refractivity contribution is 6.61. The van der Waals surface area contributed by atoms with E-state index in [4.69, 9.17) is 16.3 Å². The summed E-state index contributed by atoms with van der Waals surface area (Å²) in [5.41, 5.74) is 1.96. The molecule has 0 unspecified atom stereocenters. The SMILES string of the molecule is C=Cc1ccc(CCCCCCCCCCCCCCCOC(=O)Cl)cc1. The first-order valence-corrected chi connectivity index (χ1v) is 11.1. The first-order valence-electron chi connectivity index (χ1n) is 10.8. The van der Waals surface area contributed by atoms with Crippen LogP contribution in [-0.2, 0) is 11.2 Å². The zero-order valence-corrected chi connectivity index (χ0v) is 17.7. The van der Waals surface area contributed by atoms with Crippen molar-refractivity contribution in [3.8, 4) is 0 Å². The third-order valence-corrected chi connectivity index (χ3v) is 5.15. The van der Waals surface area contributed by atoms with E-state index < -0.39 is 5.43 Å². The molecule has 0 spiro atoms. The lowest BCUT2D eigenvalue weighted by atomic mass is 10.0. The Hall–Kier alpha value is -1.28. The van der Waals surface area contributed by atoms with Crippen LogP contribution in [-0.4, -0.2) is 12.0 Å². The molecule has 0 saturated heterocycles. The summed E-state index contributed by atoms with van der Waals surface area (Å²) in [5.74, 6) is 0. The molecule has 0 aromatic heterocycles. The van der Waals surface area contributed by atoms with Gasteiger partial charge in [-0.25, -0.2) is 4.79 Å². The zero-order chi connectivity index (χ0) is 19.6. The van der Waals surface area contributed by atoms with E-state index >= 15 is 0 Å². The first kappa shape index (κ1) is 23.8. The van der Waals surface area contributed by atoms with E-state index in [1.165, 1.54) is 88.2 Å². The fraction of sp³-hybridized carbons (Fsp3) is 0.625. The van der Waals surface area contributed by atoms with Crippen molar-refractivity contribution in [3.63, 3.8) is 0 Å². The number of ether oxygens (including phenoxy) is 1. The average Bonchev–Trinajstić information content (AvgIpc) is 2.68. The molecule has 0 heterocycles.